The fourth-order valence-corrected chi connectivity index (χ4v) is 0.862. The molecule has 0 bridgehead atoms. The van der Waals surface area contributed by atoms with E-state index in [1.807, 2.05) is 6.07 Å². The van der Waals surface area contributed by atoms with Gasteiger partial charge in [0, 0.05) is 11.3 Å². The zero-order valence-electron chi connectivity index (χ0n) is 7.49. The molecule has 0 unspecified atom stereocenters. The van der Waals surface area contributed by atoms with Crippen molar-refractivity contribution in [3.63, 3.8) is 0 Å². The van der Waals surface area contributed by atoms with Crippen LogP contribution < -0.4 is 11.5 Å². The van der Waals surface area contributed by atoms with Crippen molar-refractivity contribution in [2.24, 2.45) is 5.73 Å². The molecule has 0 saturated heterocycles. The van der Waals surface area contributed by atoms with E-state index < -0.39 is 6.09 Å². The second-order valence-corrected chi connectivity index (χ2v) is 2.53. The van der Waals surface area contributed by atoms with Gasteiger partial charge in [-0.1, -0.05) is 17.9 Å². The van der Waals surface area contributed by atoms with Gasteiger partial charge >= 0.3 is 6.09 Å². The maximum atomic E-state index is 10.2. The Bertz CT molecular complexity index is 391. The van der Waals surface area contributed by atoms with Crippen LogP contribution in [-0.4, -0.2) is 12.7 Å². The van der Waals surface area contributed by atoms with Crippen LogP contribution in [0.5, 0.6) is 0 Å². The Morgan fingerprint density at radius 2 is 2.29 bits per heavy atom. The minimum atomic E-state index is -0.827. The number of primary amides is 1. The SMILES string of the molecule is NC(=O)OCC#Cc1cccc(N)c1. The van der Waals surface area contributed by atoms with Gasteiger partial charge in [-0.05, 0) is 18.2 Å². The summed E-state index contributed by atoms with van der Waals surface area (Å²) in [6, 6.07) is 7.12. The Labute approximate surface area is 81.8 Å². The van der Waals surface area contributed by atoms with E-state index in [4.69, 9.17) is 11.5 Å². The third-order valence-electron chi connectivity index (χ3n) is 1.41. The number of nitrogen functional groups attached to an aromatic ring is 1. The van der Waals surface area contributed by atoms with E-state index >= 15 is 0 Å². The van der Waals surface area contributed by atoms with Crippen molar-refractivity contribution >= 4 is 11.8 Å². The van der Waals surface area contributed by atoms with Crippen molar-refractivity contribution in [2.45, 2.75) is 0 Å². The molecule has 0 heterocycles. The van der Waals surface area contributed by atoms with Crippen LogP contribution in [0, 0.1) is 11.8 Å². The molecule has 1 rings (SSSR count). The number of rotatable bonds is 1. The first-order valence-electron chi connectivity index (χ1n) is 3.95. The van der Waals surface area contributed by atoms with E-state index in [0.29, 0.717) is 5.69 Å². The van der Waals surface area contributed by atoms with Crippen molar-refractivity contribution in [3.8, 4) is 11.8 Å². The third kappa shape index (κ3) is 3.50. The quantitative estimate of drug-likeness (QED) is 0.505. The fourth-order valence-electron chi connectivity index (χ4n) is 0.862. The standard InChI is InChI=1S/C10H10N2O2/c11-9-5-1-3-8(7-9)4-2-6-14-10(12)13/h1,3,5,7H,6,11H2,(H2,12,13). The van der Waals surface area contributed by atoms with Crippen molar-refractivity contribution in [3.05, 3.63) is 29.8 Å². The fraction of sp³-hybridized carbons (Fsp3) is 0.100. The highest BCUT2D eigenvalue weighted by molar-refractivity contribution is 5.64. The summed E-state index contributed by atoms with van der Waals surface area (Å²) in [5, 5.41) is 0. The van der Waals surface area contributed by atoms with Crippen LogP contribution in [0.2, 0.25) is 0 Å². The van der Waals surface area contributed by atoms with Crippen LogP contribution in [0.1, 0.15) is 5.56 Å². The van der Waals surface area contributed by atoms with Gasteiger partial charge in [0.15, 0.2) is 6.61 Å². The number of ether oxygens (including phenoxy) is 1. The number of nitrogens with two attached hydrogens (primary N) is 2. The zero-order chi connectivity index (χ0) is 10.4. The summed E-state index contributed by atoms with van der Waals surface area (Å²) in [5.41, 5.74) is 11.7. The van der Waals surface area contributed by atoms with E-state index in [-0.39, 0.29) is 6.61 Å². The van der Waals surface area contributed by atoms with E-state index in [1.54, 1.807) is 18.2 Å². The molecule has 0 spiro atoms. The average molecular weight is 190 g/mol. The smallest absolute Gasteiger partial charge is 0.405 e. The summed E-state index contributed by atoms with van der Waals surface area (Å²) in [6.07, 6.45) is -0.827. The van der Waals surface area contributed by atoms with Crippen LogP contribution in [-0.2, 0) is 4.74 Å². The molecule has 4 nitrogen and oxygen atoms in total. The van der Waals surface area contributed by atoms with Gasteiger partial charge in [-0.2, -0.15) is 0 Å². The normalized spacial score (nSPS) is 8.57. The molecule has 0 aliphatic carbocycles. The first-order chi connectivity index (χ1) is 6.68. The average Bonchev–Trinajstić information content (AvgIpc) is 2.12. The lowest BCUT2D eigenvalue weighted by molar-refractivity contribution is 0.171. The highest BCUT2D eigenvalue weighted by atomic mass is 16.5. The van der Waals surface area contributed by atoms with E-state index in [0.717, 1.165) is 5.56 Å². The maximum Gasteiger partial charge on any atom is 0.405 e. The minimum absolute atomic E-state index is 0.00979. The lowest BCUT2D eigenvalue weighted by atomic mass is 10.2. The zero-order valence-corrected chi connectivity index (χ0v) is 7.49. The van der Waals surface area contributed by atoms with E-state index in [2.05, 4.69) is 16.6 Å². The molecular weight excluding hydrogens is 180 g/mol. The van der Waals surface area contributed by atoms with Gasteiger partial charge in [-0.15, -0.1) is 0 Å². The number of anilines is 1. The van der Waals surface area contributed by atoms with Gasteiger partial charge < -0.3 is 16.2 Å². The lowest BCUT2D eigenvalue weighted by Crippen LogP contribution is -2.12. The molecule has 0 radical (unpaired) electrons. The van der Waals surface area contributed by atoms with Crippen molar-refractivity contribution in [1.29, 1.82) is 0 Å². The highest BCUT2D eigenvalue weighted by Crippen LogP contribution is 2.04. The molecule has 1 aromatic rings. The topological polar surface area (TPSA) is 78.3 Å². The van der Waals surface area contributed by atoms with Gasteiger partial charge in [-0.25, -0.2) is 4.79 Å². The van der Waals surface area contributed by atoms with Crippen molar-refractivity contribution in [1.82, 2.24) is 0 Å². The van der Waals surface area contributed by atoms with Gasteiger partial charge in [0.05, 0.1) is 0 Å². The highest BCUT2D eigenvalue weighted by Gasteiger charge is 1.89. The first kappa shape index (κ1) is 9.93. The molecule has 4 N–H and O–H groups in total. The summed E-state index contributed by atoms with van der Waals surface area (Å²) in [5.74, 6) is 5.41. The second-order valence-electron chi connectivity index (χ2n) is 2.53. The molecular formula is C10H10N2O2. The molecule has 4 heteroatoms. The van der Waals surface area contributed by atoms with Crippen LogP contribution in [0.25, 0.3) is 0 Å². The predicted octanol–water partition coefficient (Wildman–Crippen LogP) is 0.716. The van der Waals surface area contributed by atoms with Crippen LogP contribution in [0.15, 0.2) is 24.3 Å². The first-order valence-corrected chi connectivity index (χ1v) is 3.95. The number of benzene rings is 1. The molecule has 14 heavy (non-hydrogen) atoms. The number of amides is 1. The number of hydrogen-bond acceptors (Lipinski definition) is 3. The Morgan fingerprint density at radius 1 is 1.50 bits per heavy atom. The summed E-state index contributed by atoms with van der Waals surface area (Å²) in [6.45, 7) is -0.00979. The molecule has 0 atom stereocenters. The summed E-state index contributed by atoms with van der Waals surface area (Å²) < 4.78 is 4.43. The number of carbonyl (C=O) groups excluding carboxylic acids is 1. The largest absolute Gasteiger partial charge is 0.437 e. The molecule has 0 aliphatic rings. The Balaban J connectivity index is 2.55. The molecule has 0 fully saturated rings. The molecule has 0 aliphatic heterocycles. The van der Waals surface area contributed by atoms with Gasteiger partial charge in [0.2, 0.25) is 0 Å². The van der Waals surface area contributed by atoms with Crippen LogP contribution in [0.4, 0.5) is 10.5 Å². The summed E-state index contributed by atoms with van der Waals surface area (Å²) in [7, 11) is 0. The molecule has 72 valence electrons. The number of carbonyl (C=O) groups is 1. The van der Waals surface area contributed by atoms with Crippen molar-refractivity contribution < 1.29 is 9.53 Å². The monoisotopic (exact) mass is 190 g/mol. The number of hydrogen-bond donors (Lipinski definition) is 2. The molecule has 1 aromatic carbocycles. The Kier molecular flexibility index (Phi) is 3.39. The van der Waals surface area contributed by atoms with Gasteiger partial charge in [-0.3, -0.25) is 0 Å². The molecule has 1 amide bonds. The molecule has 0 aromatic heterocycles. The van der Waals surface area contributed by atoms with E-state index in [1.165, 1.54) is 0 Å². The maximum absolute atomic E-state index is 10.2. The van der Waals surface area contributed by atoms with Gasteiger partial charge in [0.25, 0.3) is 0 Å². The lowest BCUT2D eigenvalue weighted by Gasteiger charge is -1.93. The Morgan fingerprint density at radius 3 is 2.93 bits per heavy atom. The minimum Gasteiger partial charge on any atom is -0.437 e. The van der Waals surface area contributed by atoms with Crippen molar-refractivity contribution in [2.75, 3.05) is 12.3 Å². The predicted molar refractivity (Wildman–Crippen MR) is 53.3 cm³/mol. The van der Waals surface area contributed by atoms with Crippen LogP contribution in [0.3, 0.4) is 0 Å². The van der Waals surface area contributed by atoms with Gasteiger partial charge in [0.1, 0.15) is 0 Å². The Hall–Kier alpha value is -2.15. The molecule has 0 saturated carbocycles. The third-order valence-corrected chi connectivity index (χ3v) is 1.41. The van der Waals surface area contributed by atoms with Crippen LogP contribution >= 0.6 is 0 Å². The van der Waals surface area contributed by atoms with E-state index in [9.17, 15) is 4.79 Å². The summed E-state index contributed by atoms with van der Waals surface area (Å²) >= 11 is 0. The second kappa shape index (κ2) is 4.77. The summed E-state index contributed by atoms with van der Waals surface area (Å²) in [4.78, 5) is 10.2.